The third-order valence-electron chi connectivity index (χ3n) is 4.02. The summed E-state index contributed by atoms with van der Waals surface area (Å²) in [5.74, 6) is 0.0794. The molecule has 1 aliphatic heterocycles. The van der Waals surface area contributed by atoms with Gasteiger partial charge in [0.2, 0.25) is 0 Å². The largest absolute Gasteiger partial charge is 0.396 e. The monoisotopic (exact) mass is 271 g/mol. The summed E-state index contributed by atoms with van der Waals surface area (Å²) in [6.45, 7) is 13.6. The normalized spacial score (nSPS) is 25.5. The molecular weight excluding hydrogens is 242 g/mol. The second-order valence-electron chi connectivity index (χ2n) is 6.80. The summed E-state index contributed by atoms with van der Waals surface area (Å²) in [7, 11) is 0. The van der Waals surface area contributed by atoms with Gasteiger partial charge in [-0.2, -0.15) is 0 Å². The molecule has 0 aromatic carbocycles. The highest BCUT2D eigenvalue weighted by Crippen LogP contribution is 2.39. The van der Waals surface area contributed by atoms with E-state index in [1.165, 1.54) is 0 Å². The van der Waals surface area contributed by atoms with Gasteiger partial charge >= 0.3 is 0 Å². The minimum Gasteiger partial charge on any atom is -0.396 e. The molecule has 0 aromatic heterocycles. The second kappa shape index (κ2) is 5.90. The van der Waals surface area contributed by atoms with Crippen molar-refractivity contribution in [2.45, 2.75) is 65.2 Å². The molecule has 1 heterocycles. The van der Waals surface area contributed by atoms with Crippen LogP contribution in [0.3, 0.4) is 0 Å². The third kappa shape index (κ3) is 3.77. The zero-order valence-corrected chi connectivity index (χ0v) is 13.2. The van der Waals surface area contributed by atoms with Crippen molar-refractivity contribution in [2.75, 3.05) is 19.7 Å². The van der Waals surface area contributed by atoms with Crippen LogP contribution in [0.4, 0.5) is 0 Å². The van der Waals surface area contributed by atoms with Gasteiger partial charge in [0, 0.05) is 25.7 Å². The van der Waals surface area contributed by atoms with Crippen molar-refractivity contribution < 1.29 is 14.6 Å². The van der Waals surface area contributed by atoms with Crippen LogP contribution in [-0.4, -0.2) is 52.7 Å². The third-order valence-corrected chi connectivity index (χ3v) is 4.02. The molecule has 1 fully saturated rings. The summed E-state index contributed by atoms with van der Waals surface area (Å²) < 4.78 is 5.92. The van der Waals surface area contributed by atoms with Gasteiger partial charge in [0.05, 0.1) is 11.5 Å². The highest BCUT2D eigenvalue weighted by atomic mass is 16.5. The SMILES string of the molecule is CC(C)N(CCCO)CC1C(=O)C(C)(C)OC1(C)C. The Morgan fingerprint density at radius 1 is 1.32 bits per heavy atom. The highest BCUT2D eigenvalue weighted by Gasteiger charge is 2.53. The Kier molecular flexibility index (Phi) is 5.15. The summed E-state index contributed by atoms with van der Waals surface area (Å²) in [5.41, 5.74) is -1.11. The average Bonchev–Trinajstić information content (AvgIpc) is 2.40. The molecule has 0 radical (unpaired) electrons. The van der Waals surface area contributed by atoms with E-state index in [2.05, 4.69) is 18.7 Å². The van der Waals surface area contributed by atoms with Crippen molar-refractivity contribution in [1.82, 2.24) is 4.90 Å². The molecular formula is C15H29NO3. The van der Waals surface area contributed by atoms with Crippen LogP contribution in [0.1, 0.15) is 48.0 Å². The first kappa shape index (κ1) is 16.6. The van der Waals surface area contributed by atoms with E-state index in [-0.39, 0.29) is 18.3 Å². The van der Waals surface area contributed by atoms with Gasteiger partial charge in [-0.05, 0) is 48.0 Å². The summed E-state index contributed by atoms with van der Waals surface area (Å²) in [6.07, 6.45) is 0.740. The maximum absolute atomic E-state index is 12.5. The van der Waals surface area contributed by atoms with Crippen molar-refractivity contribution >= 4 is 5.78 Å². The van der Waals surface area contributed by atoms with E-state index in [4.69, 9.17) is 9.84 Å². The van der Waals surface area contributed by atoms with Crippen molar-refractivity contribution in [3.63, 3.8) is 0 Å². The number of rotatable bonds is 6. The standard InChI is InChI=1S/C15H29NO3/c1-11(2)16(8-7-9-17)10-12-13(18)15(5,6)19-14(12,3)4/h11-12,17H,7-10H2,1-6H3. The number of Topliss-reactive ketones (excluding diaryl/α,β-unsaturated/α-hetero) is 1. The Bertz CT molecular complexity index is 323. The summed E-state index contributed by atoms with van der Waals surface area (Å²) >= 11 is 0. The van der Waals surface area contributed by atoms with E-state index in [0.717, 1.165) is 13.0 Å². The molecule has 0 bridgehead atoms. The van der Waals surface area contributed by atoms with Crippen molar-refractivity contribution in [1.29, 1.82) is 0 Å². The lowest BCUT2D eigenvalue weighted by Gasteiger charge is -2.33. The van der Waals surface area contributed by atoms with Crippen LogP contribution in [-0.2, 0) is 9.53 Å². The summed E-state index contributed by atoms with van der Waals surface area (Å²) in [4.78, 5) is 14.7. The minimum atomic E-state index is -0.687. The van der Waals surface area contributed by atoms with Crippen molar-refractivity contribution in [3.8, 4) is 0 Å². The molecule has 0 aliphatic carbocycles. The molecule has 4 heteroatoms. The van der Waals surface area contributed by atoms with Crippen LogP contribution in [0.25, 0.3) is 0 Å². The minimum absolute atomic E-state index is 0.108. The van der Waals surface area contributed by atoms with Crippen LogP contribution in [0, 0.1) is 5.92 Å². The Labute approximate surface area is 117 Å². The number of aliphatic hydroxyl groups excluding tert-OH is 1. The number of carbonyl (C=O) groups is 1. The first-order valence-corrected chi connectivity index (χ1v) is 7.21. The molecule has 19 heavy (non-hydrogen) atoms. The number of ketones is 1. The smallest absolute Gasteiger partial charge is 0.171 e. The molecule has 112 valence electrons. The molecule has 1 unspecified atom stereocenters. The fourth-order valence-corrected chi connectivity index (χ4v) is 2.89. The van der Waals surface area contributed by atoms with Gasteiger partial charge in [0.1, 0.15) is 5.60 Å². The second-order valence-corrected chi connectivity index (χ2v) is 6.80. The predicted molar refractivity (Wildman–Crippen MR) is 76.2 cm³/mol. The fourth-order valence-electron chi connectivity index (χ4n) is 2.89. The van der Waals surface area contributed by atoms with Crippen LogP contribution in [0.15, 0.2) is 0 Å². The summed E-state index contributed by atoms with van der Waals surface area (Å²) in [5, 5.41) is 8.98. The number of nitrogens with zero attached hydrogens (tertiary/aromatic N) is 1. The number of aliphatic hydroxyl groups is 1. The lowest BCUT2D eigenvalue weighted by molar-refractivity contribution is -0.132. The van der Waals surface area contributed by atoms with Crippen LogP contribution in [0.5, 0.6) is 0 Å². The fraction of sp³-hybridized carbons (Fsp3) is 0.933. The van der Waals surface area contributed by atoms with Gasteiger partial charge in [-0.3, -0.25) is 4.79 Å². The zero-order chi connectivity index (χ0) is 14.8. The van der Waals surface area contributed by atoms with Gasteiger partial charge < -0.3 is 14.7 Å². The lowest BCUT2D eigenvalue weighted by atomic mass is 9.85. The molecule has 0 aromatic rings. The van der Waals surface area contributed by atoms with Crippen LogP contribution < -0.4 is 0 Å². The highest BCUT2D eigenvalue weighted by molar-refractivity contribution is 5.91. The molecule has 0 spiro atoms. The van der Waals surface area contributed by atoms with Gasteiger partial charge in [-0.15, -0.1) is 0 Å². The van der Waals surface area contributed by atoms with Gasteiger partial charge in [-0.25, -0.2) is 0 Å². The number of ether oxygens (including phenoxy) is 1. The van der Waals surface area contributed by atoms with Gasteiger partial charge in [0.25, 0.3) is 0 Å². The number of carbonyl (C=O) groups excluding carboxylic acids is 1. The maximum Gasteiger partial charge on any atom is 0.171 e. The van der Waals surface area contributed by atoms with E-state index in [1.807, 2.05) is 27.7 Å². The quantitative estimate of drug-likeness (QED) is 0.801. The molecule has 1 atom stereocenters. The summed E-state index contributed by atoms with van der Waals surface area (Å²) in [6, 6.07) is 0.360. The van der Waals surface area contributed by atoms with Gasteiger partial charge in [-0.1, -0.05) is 0 Å². The Balaban J connectivity index is 2.80. The molecule has 4 nitrogen and oxygen atoms in total. The topological polar surface area (TPSA) is 49.8 Å². The van der Waals surface area contributed by atoms with Crippen molar-refractivity contribution in [3.05, 3.63) is 0 Å². The predicted octanol–water partition coefficient (Wildman–Crippen LogP) is 1.85. The van der Waals surface area contributed by atoms with Crippen LogP contribution in [0.2, 0.25) is 0 Å². The molecule has 1 rings (SSSR count). The Morgan fingerprint density at radius 3 is 2.26 bits per heavy atom. The lowest BCUT2D eigenvalue weighted by Crippen LogP contribution is -2.44. The average molecular weight is 271 g/mol. The van der Waals surface area contributed by atoms with E-state index in [9.17, 15) is 4.79 Å². The van der Waals surface area contributed by atoms with E-state index in [1.54, 1.807) is 0 Å². The molecule has 0 saturated carbocycles. The molecule has 1 N–H and O–H groups in total. The zero-order valence-electron chi connectivity index (χ0n) is 13.2. The molecule has 1 aliphatic rings. The Hall–Kier alpha value is -0.450. The Morgan fingerprint density at radius 2 is 1.89 bits per heavy atom. The molecule has 0 amide bonds. The van der Waals surface area contributed by atoms with Crippen LogP contribution >= 0.6 is 0 Å². The number of hydrogen-bond donors (Lipinski definition) is 1. The van der Waals surface area contributed by atoms with E-state index >= 15 is 0 Å². The first-order valence-electron chi connectivity index (χ1n) is 7.21. The van der Waals surface area contributed by atoms with Crippen molar-refractivity contribution in [2.24, 2.45) is 5.92 Å². The van der Waals surface area contributed by atoms with E-state index in [0.29, 0.717) is 12.6 Å². The van der Waals surface area contributed by atoms with E-state index < -0.39 is 11.2 Å². The maximum atomic E-state index is 12.5. The van der Waals surface area contributed by atoms with Gasteiger partial charge in [0.15, 0.2) is 5.78 Å². The molecule has 1 saturated heterocycles. The number of hydrogen-bond acceptors (Lipinski definition) is 4. The first-order chi connectivity index (χ1) is 8.62.